The Bertz CT molecular complexity index is 610. The second-order valence-corrected chi connectivity index (χ2v) is 4.68. The first-order valence-electron chi connectivity index (χ1n) is 6.41. The summed E-state index contributed by atoms with van der Waals surface area (Å²) in [5.41, 5.74) is 9.06. The van der Waals surface area contributed by atoms with Gasteiger partial charge in [0.15, 0.2) is 0 Å². The van der Waals surface area contributed by atoms with Gasteiger partial charge in [-0.2, -0.15) is 0 Å². The minimum Gasteiger partial charge on any atom is -0.324 e. The zero-order valence-corrected chi connectivity index (χ0v) is 11.6. The van der Waals surface area contributed by atoms with Crippen LogP contribution in [0.5, 0.6) is 0 Å². The highest BCUT2D eigenvalue weighted by Gasteiger charge is 2.05. The number of hydrogen-bond acceptors (Lipinski definition) is 3. The molecule has 0 saturated carbocycles. The summed E-state index contributed by atoms with van der Waals surface area (Å²) >= 11 is 0. The van der Waals surface area contributed by atoms with Crippen LogP contribution in [-0.4, -0.2) is 11.0 Å². The number of anilines is 2. The fourth-order valence-corrected chi connectivity index (χ4v) is 1.82. The second kappa shape index (κ2) is 6.16. The molecule has 2 rings (SSSR count). The largest absolute Gasteiger partial charge is 0.324 e. The number of amides is 2. The summed E-state index contributed by atoms with van der Waals surface area (Å²) in [7, 11) is 0. The molecule has 1 unspecified atom stereocenters. The SMILES string of the molecule is Cc1cc(NC(=O)Nc2cccc(C(C)N)c2)ccn1. The van der Waals surface area contributed by atoms with Crippen LogP contribution in [0, 0.1) is 6.92 Å². The van der Waals surface area contributed by atoms with Crippen LogP contribution in [0.3, 0.4) is 0 Å². The van der Waals surface area contributed by atoms with E-state index < -0.39 is 0 Å². The Morgan fingerprint density at radius 1 is 1.20 bits per heavy atom. The number of nitrogens with zero attached hydrogens (tertiary/aromatic N) is 1. The summed E-state index contributed by atoms with van der Waals surface area (Å²) in [6.07, 6.45) is 1.65. The first kappa shape index (κ1) is 14.0. The van der Waals surface area contributed by atoms with Gasteiger partial charge in [-0.3, -0.25) is 4.98 Å². The van der Waals surface area contributed by atoms with Crippen LogP contribution >= 0.6 is 0 Å². The van der Waals surface area contributed by atoms with Crippen molar-refractivity contribution in [2.24, 2.45) is 5.73 Å². The average molecular weight is 270 g/mol. The van der Waals surface area contributed by atoms with E-state index in [2.05, 4.69) is 15.6 Å². The highest BCUT2D eigenvalue weighted by molar-refractivity contribution is 5.99. The molecule has 0 spiro atoms. The number of benzene rings is 1. The Labute approximate surface area is 118 Å². The monoisotopic (exact) mass is 270 g/mol. The summed E-state index contributed by atoms with van der Waals surface area (Å²) < 4.78 is 0. The van der Waals surface area contributed by atoms with Gasteiger partial charge < -0.3 is 16.4 Å². The van der Waals surface area contributed by atoms with Gasteiger partial charge in [-0.25, -0.2) is 4.79 Å². The molecule has 0 radical (unpaired) electrons. The fourth-order valence-electron chi connectivity index (χ4n) is 1.82. The first-order valence-corrected chi connectivity index (χ1v) is 6.41. The van der Waals surface area contributed by atoms with E-state index in [0.29, 0.717) is 11.4 Å². The zero-order chi connectivity index (χ0) is 14.5. The predicted octanol–water partition coefficient (Wildman–Crippen LogP) is 3.05. The molecule has 5 nitrogen and oxygen atoms in total. The number of urea groups is 1. The molecule has 104 valence electrons. The van der Waals surface area contributed by atoms with Gasteiger partial charge in [0, 0.05) is 29.3 Å². The molecular weight excluding hydrogens is 252 g/mol. The van der Waals surface area contributed by atoms with E-state index in [1.165, 1.54) is 0 Å². The maximum atomic E-state index is 11.9. The van der Waals surface area contributed by atoms with Gasteiger partial charge in [-0.1, -0.05) is 12.1 Å². The maximum Gasteiger partial charge on any atom is 0.323 e. The molecule has 1 aromatic carbocycles. The minimum atomic E-state index is -0.294. The van der Waals surface area contributed by atoms with Crippen LogP contribution < -0.4 is 16.4 Å². The number of carbonyl (C=O) groups excluding carboxylic acids is 1. The highest BCUT2D eigenvalue weighted by Crippen LogP contribution is 2.16. The molecule has 0 aliphatic carbocycles. The summed E-state index contributed by atoms with van der Waals surface area (Å²) in [5.74, 6) is 0. The molecule has 1 aromatic heterocycles. The lowest BCUT2D eigenvalue weighted by Crippen LogP contribution is -2.19. The highest BCUT2D eigenvalue weighted by atomic mass is 16.2. The van der Waals surface area contributed by atoms with E-state index in [4.69, 9.17) is 5.73 Å². The van der Waals surface area contributed by atoms with Crippen LogP contribution in [-0.2, 0) is 0 Å². The number of aromatic nitrogens is 1. The summed E-state index contributed by atoms with van der Waals surface area (Å²) in [6, 6.07) is 10.7. The number of nitrogens with two attached hydrogens (primary N) is 1. The van der Waals surface area contributed by atoms with Gasteiger partial charge in [-0.05, 0) is 43.7 Å². The number of pyridine rings is 1. The Hall–Kier alpha value is -2.40. The van der Waals surface area contributed by atoms with Gasteiger partial charge in [0.1, 0.15) is 0 Å². The minimum absolute atomic E-state index is 0.0670. The van der Waals surface area contributed by atoms with E-state index in [0.717, 1.165) is 11.3 Å². The zero-order valence-electron chi connectivity index (χ0n) is 11.6. The first-order chi connectivity index (χ1) is 9.54. The molecule has 2 aromatic rings. The van der Waals surface area contributed by atoms with Gasteiger partial charge in [-0.15, -0.1) is 0 Å². The molecule has 0 bridgehead atoms. The van der Waals surface area contributed by atoms with Gasteiger partial charge in [0.05, 0.1) is 0 Å². The number of carbonyl (C=O) groups is 1. The van der Waals surface area contributed by atoms with Gasteiger partial charge in [0.2, 0.25) is 0 Å². The van der Waals surface area contributed by atoms with E-state index in [-0.39, 0.29) is 12.1 Å². The molecule has 4 N–H and O–H groups in total. The third-order valence-corrected chi connectivity index (χ3v) is 2.82. The smallest absolute Gasteiger partial charge is 0.323 e. The Morgan fingerprint density at radius 2 is 1.90 bits per heavy atom. The normalized spacial score (nSPS) is 11.8. The Balaban J connectivity index is 2.03. The molecule has 2 amide bonds. The maximum absolute atomic E-state index is 11.9. The third-order valence-electron chi connectivity index (χ3n) is 2.82. The molecule has 1 atom stereocenters. The molecule has 0 fully saturated rings. The molecule has 1 heterocycles. The molecular formula is C15H18N4O. The lowest BCUT2D eigenvalue weighted by molar-refractivity contribution is 0.262. The molecule has 0 aliphatic heterocycles. The van der Waals surface area contributed by atoms with Crippen LogP contribution in [0.4, 0.5) is 16.2 Å². The van der Waals surface area contributed by atoms with Crippen LogP contribution in [0.2, 0.25) is 0 Å². The quantitative estimate of drug-likeness (QED) is 0.802. The van der Waals surface area contributed by atoms with Crippen molar-refractivity contribution in [3.8, 4) is 0 Å². The Morgan fingerprint density at radius 3 is 2.55 bits per heavy atom. The topological polar surface area (TPSA) is 80.0 Å². The summed E-state index contributed by atoms with van der Waals surface area (Å²) in [6.45, 7) is 3.77. The standard InChI is InChI=1S/C15H18N4O/c1-10-8-14(6-7-17-10)19-15(20)18-13-5-3-4-12(9-13)11(2)16/h3-9,11H,16H2,1-2H3,(H2,17,18,19,20). The molecule has 0 saturated heterocycles. The van der Waals surface area contributed by atoms with Gasteiger partial charge in [0.25, 0.3) is 0 Å². The number of aryl methyl sites for hydroxylation is 1. The van der Waals surface area contributed by atoms with E-state index in [1.807, 2.05) is 38.1 Å². The Kier molecular flexibility index (Phi) is 4.32. The number of nitrogens with one attached hydrogen (secondary N) is 2. The third kappa shape index (κ3) is 3.80. The summed E-state index contributed by atoms with van der Waals surface area (Å²) in [5, 5.41) is 5.54. The number of hydrogen-bond donors (Lipinski definition) is 3. The predicted molar refractivity (Wildman–Crippen MR) is 80.7 cm³/mol. The molecule has 20 heavy (non-hydrogen) atoms. The van der Waals surface area contributed by atoms with Crippen molar-refractivity contribution < 1.29 is 4.79 Å². The lowest BCUT2D eigenvalue weighted by atomic mass is 10.1. The van der Waals surface area contributed by atoms with Crippen molar-refractivity contribution in [3.63, 3.8) is 0 Å². The van der Waals surface area contributed by atoms with E-state index >= 15 is 0 Å². The van der Waals surface area contributed by atoms with Crippen LogP contribution in [0.1, 0.15) is 24.2 Å². The van der Waals surface area contributed by atoms with Crippen molar-refractivity contribution in [2.75, 3.05) is 10.6 Å². The van der Waals surface area contributed by atoms with Gasteiger partial charge >= 0.3 is 6.03 Å². The van der Waals surface area contributed by atoms with Crippen molar-refractivity contribution in [2.45, 2.75) is 19.9 Å². The van der Waals surface area contributed by atoms with Crippen molar-refractivity contribution in [1.82, 2.24) is 4.98 Å². The van der Waals surface area contributed by atoms with Crippen LogP contribution in [0.15, 0.2) is 42.6 Å². The molecule has 5 heteroatoms. The number of rotatable bonds is 3. The van der Waals surface area contributed by atoms with E-state index in [1.54, 1.807) is 18.3 Å². The van der Waals surface area contributed by atoms with E-state index in [9.17, 15) is 4.79 Å². The summed E-state index contributed by atoms with van der Waals surface area (Å²) in [4.78, 5) is 16.0. The second-order valence-electron chi connectivity index (χ2n) is 4.68. The average Bonchev–Trinajstić information content (AvgIpc) is 2.38. The van der Waals surface area contributed by atoms with Crippen LogP contribution in [0.25, 0.3) is 0 Å². The van der Waals surface area contributed by atoms with Crippen molar-refractivity contribution in [3.05, 3.63) is 53.9 Å². The molecule has 0 aliphatic rings. The fraction of sp³-hybridized carbons (Fsp3) is 0.200. The van der Waals surface area contributed by atoms with Crippen molar-refractivity contribution in [1.29, 1.82) is 0 Å². The van der Waals surface area contributed by atoms with Crippen molar-refractivity contribution >= 4 is 17.4 Å². The lowest BCUT2D eigenvalue weighted by Gasteiger charge is -2.10.